The Labute approximate surface area is 159 Å². The highest BCUT2D eigenvalue weighted by molar-refractivity contribution is 9.10. The zero-order valence-electron chi connectivity index (χ0n) is 14.4. The number of furan rings is 1. The van der Waals surface area contributed by atoms with Crippen molar-refractivity contribution < 1.29 is 14.3 Å². The van der Waals surface area contributed by atoms with Gasteiger partial charge in [0.05, 0.1) is 6.42 Å². The molecule has 0 amide bonds. The number of anilines is 2. The lowest BCUT2D eigenvalue weighted by Gasteiger charge is -2.13. The number of hydrogen-bond donors (Lipinski definition) is 2. The van der Waals surface area contributed by atoms with E-state index in [9.17, 15) is 4.79 Å². The van der Waals surface area contributed by atoms with E-state index in [0.29, 0.717) is 22.1 Å². The van der Waals surface area contributed by atoms with E-state index in [4.69, 9.17) is 9.52 Å². The molecule has 0 fully saturated rings. The van der Waals surface area contributed by atoms with Crippen molar-refractivity contribution in [2.45, 2.75) is 26.7 Å². The van der Waals surface area contributed by atoms with E-state index in [1.54, 1.807) is 18.2 Å². The van der Waals surface area contributed by atoms with E-state index in [0.717, 1.165) is 28.9 Å². The first-order chi connectivity index (χ1) is 12.5. The molecule has 2 aromatic heterocycles. The van der Waals surface area contributed by atoms with Crippen molar-refractivity contribution >= 4 is 33.4 Å². The maximum absolute atomic E-state index is 10.8. The van der Waals surface area contributed by atoms with E-state index in [1.165, 1.54) is 0 Å². The van der Waals surface area contributed by atoms with Crippen LogP contribution in [-0.4, -0.2) is 21.0 Å². The number of hydrogen-bond acceptors (Lipinski definition) is 5. The van der Waals surface area contributed by atoms with Gasteiger partial charge < -0.3 is 14.8 Å². The fourth-order valence-electron chi connectivity index (χ4n) is 2.68. The van der Waals surface area contributed by atoms with Crippen LogP contribution in [0.3, 0.4) is 0 Å². The third-order valence-corrected chi connectivity index (χ3v) is 4.36. The van der Waals surface area contributed by atoms with Crippen molar-refractivity contribution in [2.24, 2.45) is 0 Å². The fourth-order valence-corrected chi connectivity index (χ4v) is 2.99. The molecule has 0 aliphatic carbocycles. The summed E-state index contributed by atoms with van der Waals surface area (Å²) >= 11 is 3.29. The second-order valence-corrected chi connectivity index (χ2v) is 6.59. The Hall–Kier alpha value is -2.67. The number of halogens is 1. The number of carboxylic acid groups (broad SMARTS) is 1. The number of aliphatic carboxylic acids is 1. The second kappa shape index (κ2) is 7.70. The number of benzene rings is 1. The molecule has 7 heteroatoms. The summed E-state index contributed by atoms with van der Waals surface area (Å²) in [5, 5.41) is 12.2. The number of nitrogens with zero attached hydrogens (tertiary/aromatic N) is 2. The van der Waals surface area contributed by atoms with E-state index in [2.05, 4.69) is 38.1 Å². The number of rotatable bonds is 6. The molecular formula is C19H18BrN3O3. The molecule has 0 saturated heterocycles. The highest BCUT2D eigenvalue weighted by Crippen LogP contribution is 2.28. The Morgan fingerprint density at radius 2 is 1.92 bits per heavy atom. The summed E-state index contributed by atoms with van der Waals surface area (Å²) in [6.45, 7) is 4.00. The predicted molar refractivity (Wildman–Crippen MR) is 103 cm³/mol. The molecule has 0 radical (unpaired) electrons. The van der Waals surface area contributed by atoms with Crippen molar-refractivity contribution in [3.8, 4) is 11.6 Å². The monoisotopic (exact) mass is 415 g/mol. The molecular weight excluding hydrogens is 398 g/mol. The van der Waals surface area contributed by atoms with Gasteiger partial charge in [-0.25, -0.2) is 9.97 Å². The summed E-state index contributed by atoms with van der Waals surface area (Å²) < 4.78 is 6.19. The summed E-state index contributed by atoms with van der Waals surface area (Å²) in [6.07, 6.45) is 0.790. The molecule has 134 valence electrons. The van der Waals surface area contributed by atoms with Crippen molar-refractivity contribution in [3.05, 3.63) is 57.9 Å². The van der Waals surface area contributed by atoms with Gasteiger partial charge in [0.2, 0.25) is 0 Å². The molecule has 3 aromatic rings. The number of carbonyl (C=O) groups is 1. The van der Waals surface area contributed by atoms with Crippen molar-refractivity contribution in [1.29, 1.82) is 0 Å². The van der Waals surface area contributed by atoms with Crippen LogP contribution in [0.4, 0.5) is 11.5 Å². The lowest BCUT2D eigenvalue weighted by atomic mass is 10.1. The van der Waals surface area contributed by atoms with Crippen LogP contribution in [0.15, 0.2) is 45.5 Å². The minimum Gasteiger partial charge on any atom is -0.481 e. The van der Waals surface area contributed by atoms with Crippen LogP contribution in [0.1, 0.15) is 23.7 Å². The lowest BCUT2D eigenvalue weighted by Crippen LogP contribution is -2.05. The molecule has 6 nitrogen and oxygen atoms in total. The van der Waals surface area contributed by atoms with Gasteiger partial charge in [0.1, 0.15) is 5.82 Å². The van der Waals surface area contributed by atoms with E-state index < -0.39 is 5.97 Å². The van der Waals surface area contributed by atoms with E-state index in [1.807, 2.05) is 25.1 Å². The largest absolute Gasteiger partial charge is 0.481 e. The molecule has 0 bridgehead atoms. The molecule has 0 atom stereocenters. The molecule has 1 aromatic carbocycles. The van der Waals surface area contributed by atoms with Gasteiger partial charge in [-0.3, -0.25) is 4.79 Å². The van der Waals surface area contributed by atoms with Crippen LogP contribution in [0.25, 0.3) is 11.6 Å². The summed E-state index contributed by atoms with van der Waals surface area (Å²) in [7, 11) is 0. The van der Waals surface area contributed by atoms with Crippen LogP contribution in [0.5, 0.6) is 0 Å². The van der Waals surface area contributed by atoms with Gasteiger partial charge in [-0.05, 0) is 59.1 Å². The van der Waals surface area contributed by atoms with E-state index >= 15 is 0 Å². The molecule has 0 spiro atoms. The third-order valence-electron chi connectivity index (χ3n) is 3.93. The molecule has 26 heavy (non-hydrogen) atoms. The van der Waals surface area contributed by atoms with Crippen LogP contribution in [0.2, 0.25) is 0 Å². The second-order valence-electron chi connectivity index (χ2n) is 5.81. The maximum Gasteiger partial charge on any atom is 0.307 e. The van der Waals surface area contributed by atoms with Crippen molar-refractivity contribution in [3.63, 3.8) is 0 Å². The SMILES string of the molecule is CCc1c(C)nc(-c2ccc(Br)o2)nc1Nc1ccc(CC(=O)O)cc1. The minimum atomic E-state index is -0.848. The number of nitrogens with one attached hydrogen (secondary N) is 1. The summed E-state index contributed by atoms with van der Waals surface area (Å²) in [4.78, 5) is 20.0. The Kier molecular flexibility index (Phi) is 5.37. The number of aryl methyl sites for hydroxylation is 1. The van der Waals surface area contributed by atoms with Gasteiger partial charge in [-0.1, -0.05) is 19.1 Å². The van der Waals surface area contributed by atoms with Gasteiger partial charge in [0.25, 0.3) is 0 Å². The lowest BCUT2D eigenvalue weighted by molar-refractivity contribution is -0.136. The number of carboxylic acids is 1. The summed E-state index contributed by atoms with van der Waals surface area (Å²) in [5.41, 5.74) is 3.49. The molecule has 2 heterocycles. The zero-order chi connectivity index (χ0) is 18.7. The van der Waals surface area contributed by atoms with Crippen LogP contribution in [-0.2, 0) is 17.6 Å². The van der Waals surface area contributed by atoms with Gasteiger partial charge in [-0.2, -0.15) is 0 Å². The standard InChI is InChI=1S/C19H18BrN3O3/c1-3-14-11(2)21-19(15-8-9-16(20)26-15)23-18(14)22-13-6-4-12(5-7-13)10-17(24)25/h4-9H,3,10H2,1-2H3,(H,24,25)(H,21,22,23). The van der Waals surface area contributed by atoms with Gasteiger partial charge in [0.15, 0.2) is 16.3 Å². The number of aromatic nitrogens is 2. The van der Waals surface area contributed by atoms with E-state index in [-0.39, 0.29) is 6.42 Å². The molecule has 3 rings (SSSR count). The van der Waals surface area contributed by atoms with Gasteiger partial charge in [0, 0.05) is 16.9 Å². The first-order valence-electron chi connectivity index (χ1n) is 8.17. The summed E-state index contributed by atoms with van der Waals surface area (Å²) in [5.74, 6) is 0.964. The summed E-state index contributed by atoms with van der Waals surface area (Å²) in [6, 6.07) is 10.9. The van der Waals surface area contributed by atoms with Crippen LogP contribution >= 0.6 is 15.9 Å². The normalized spacial score (nSPS) is 10.7. The van der Waals surface area contributed by atoms with Gasteiger partial charge >= 0.3 is 5.97 Å². The molecule has 0 aliphatic heterocycles. The zero-order valence-corrected chi connectivity index (χ0v) is 16.0. The Morgan fingerprint density at radius 1 is 1.19 bits per heavy atom. The highest BCUT2D eigenvalue weighted by atomic mass is 79.9. The maximum atomic E-state index is 10.8. The van der Waals surface area contributed by atoms with Crippen molar-refractivity contribution in [2.75, 3.05) is 5.32 Å². The minimum absolute atomic E-state index is 0.00459. The molecule has 0 saturated carbocycles. The highest BCUT2D eigenvalue weighted by Gasteiger charge is 2.14. The Bertz CT molecular complexity index is 936. The van der Waals surface area contributed by atoms with Crippen molar-refractivity contribution in [1.82, 2.24) is 9.97 Å². The van der Waals surface area contributed by atoms with Crippen LogP contribution < -0.4 is 5.32 Å². The third kappa shape index (κ3) is 4.11. The molecule has 2 N–H and O–H groups in total. The molecule has 0 aliphatic rings. The van der Waals surface area contributed by atoms with Gasteiger partial charge in [-0.15, -0.1) is 0 Å². The topological polar surface area (TPSA) is 88.3 Å². The molecule has 0 unspecified atom stereocenters. The van der Waals surface area contributed by atoms with Crippen LogP contribution in [0, 0.1) is 6.92 Å². The first-order valence-corrected chi connectivity index (χ1v) is 8.96. The Balaban J connectivity index is 1.92. The smallest absolute Gasteiger partial charge is 0.307 e. The predicted octanol–water partition coefficient (Wildman–Crippen LogP) is 4.74. The quantitative estimate of drug-likeness (QED) is 0.604. The average molecular weight is 416 g/mol. The fraction of sp³-hybridized carbons (Fsp3) is 0.211. The Morgan fingerprint density at radius 3 is 2.50 bits per heavy atom. The average Bonchev–Trinajstić information content (AvgIpc) is 3.02. The first kappa shape index (κ1) is 18.1.